The predicted molar refractivity (Wildman–Crippen MR) is 93.8 cm³/mol. The molecule has 3 heterocycles. The smallest absolute Gasteiger partial charge is 0.223 e. The summed E-state index contributed by atoms with van der Waals surface area (Å²) in [6, 6.07) is 2.24. The van der Waals surface area contributed by atoms with Crippen molar-refractivity contribution in [2.75, 3.05) is 11.9 Å². The van der Waals surface area contributed by atoms with E-state index in [1.807, 2.05) is 25.2 Å². The molecule has 25 heavy (non-hydrogen) atoms. The van der Waals surface area contributed by atoms with Crippen molar-refractivity contribution in [1.29, 1.82) is 5.26 Å². The Labute approximate surface area is 145 Å². The van der Waals surface area contributed by atoms with Gasteiger partial charge in [0, 0.05) is 25.5 Å². The molecule has 0 aromatic carbocycles. The molecule has 126 valence electrons. The van der Waals surface area contributed by atoms with Crippen LogP contribution >= 0.6 is 0 Å². The molecule has 8 nitrogen and oxygen atoms in total. The monoisotopic (exact) mass is 334 g/mol. The van der Waals surface area contributed by atoms with Crippen molar-refractivity contribution in [3.63, 3.8) is 0 Å². The van der Waals surface area contributed by atoms with Crippen molar-refractivity contribution in [1.82, 2.24) is 30.0 Å². The van der Waals surface area contributed by atoms with Gasteiger partial charge in [0.25, 0.3) is 0 Å². The van der Waals surface area contributed by atoms with Crippen LogP contribution in [0.4, 0.5) is 5.95 Å². The summed E-state index contributed by atoms with van der Waals surface area (Å²) >= 11 is 0. The van der Waals surface area contributed by atoms with E-state index in [2.05, 4.69) is 36.8 Å². The van der Waals surface area contributed by atoms with Crippen LogP contribution in [0.1, 0.15) is 17.7 Å². The van der Waals surface area contributed by atoms with Gasteiger partial charge in [0.05, 0.1) is 11.4 Å². The molecule has 0 bridgehead atoms. The minimum absolute atomic E-state index is 0.492. The van der Waals surface area contributed by atoms with Gasteiger partial charge in [-0.2, -0.15) is 10.4 Å². The molecule has 2 N–H and O–H groups in total. The molecule has 0 aliphatic carbocycles. The second kappa shape index (κ2) is 7.88. The largest absolute Gasteiger partial charge is 0.361 e. The summed E-state index contributed by atoms with van der Waals surface area (Å²) in [7, 11) is 0. The maximum atomic E-state index is 9.56. The quantitative estimate of drug-likeness (QED) is 0.613. The summed E-state index contributed by atoms with van der Waals surface area (Å²) in [6.07, 6.45) is 13.2. The molecule has 0 atom stereocenters. The topological polar surface area (TPSA) is 104 Å². The number of nitrogens with one attached hydrogen (secondary N) is 2. The highest BCUT2D eigenvalue weighted by molar-refractivity contribution is 5.80. The Morgan fingerprint density at radius 2 is 2.32 bits per heavy atom. The number of hydrogen-bond acceptors (Lipinski definition) is 7. The predicted octanol–water partition coefficient (Wildman–Crippen LogP) is 1.79. The van der Waals surface area contributed by atoms with E-state index in [1.54, 1.807) is 23.4 Å². The standard InChI is InChI=1S/C17H18N8/c1-13-10-22-17(21-7-4-8-25-12-19-11-23-25)24-16(13)14(9-18)15-5-2-3-6-20-15/h2-3,5-6,10-12,20H,4,7-8H2,1H3,(H,21,22,24)/b15-14-. The highest BCUT2D eigenvalue weighted by Crippen LogP contribution is 2.21. The van der Waals surface area contributed by atoms with Crippen molar-refractivity contribution in [3.8, 4) is 6.07 Å². The van der Waals surface area contributed by atoms with Gasteiger partial charge in [-0.05, 0) is 31.1 Å². The lowest BCUT2D eigenvalue weighted by Gasteiger charge is -2.12. The SMILES string of the molecule is Cc1cnc(NCCCn2cncn2)nc1/C(C#N)=C1/C=CC=CN1. The van der Waals surface area contributed by atoms with Crippen LogP contribution in [-0.4, -0.2) is 31.3 Å². The van der Waals surface area contributed by atoms with E-state index < -0.39 is 0 Å². The molecule has 2 aromatic heterocycles. The zero-order valence-electron chi connectivity index (χ0n) is 13.8. The summed E-state index contributed by atoms with van der Waals surface area (Å²) in [5.41, 5.74) is 2.69. The number of nitrogens with zero attached hydrogens (tertiary/aromatic N) is 6. The fraction of sp³-hybridized carbons (Fsp3) is 0.235. The molecule has 8 heteroatoms. The van der Waals surface area contributed by atoms with Gasteiger partial charge in [0.15, 0.2) is 0 Å². The van der Waals surface area contributed by atoms with Crippen LogP contribution in [0.5, 0.6) is 0 Å². The number of aryl methyl sites for hydroxylation is 2. The maximum absolute atomic E-state index is 9.56. The molecule has 0 saturated carbocycles. The second-order valence-electron chi connectivity index (χ2n) is 5.43. The molecule has 1 aliphatic heterocycles. The Bertz CT molecular complexity index is 855. The van der Waals surface area contributed by atoms with Crippen LogP contribution in [0.2, 0.25) is 0 Å². The molecule has 2 aromatic rings. The summed E-state index contributed by atoms with van der Waals surface area (Å²) in [6.45, 7) is 3.35. The molecule has 0 radical (unpaired) electrons. The fourth-order valence-electron chi connectivity index (χ4n) is 2.36. The van der Waals surface area contributed by atoms with Crippen LogP contribution in [0.3, 0.4) is 0 Å². The van der Waals surface area contributed by atoms with Crippen molar-refractivity contribution < 1.29 is 0 Å². The first-order chi connectivity index (χ1) is 12.3. The van der Waals surface area contributed by atoms with Gasteiger partial charge in [-0.25, -0.2) is 15.0 Å². The summed E-state index contributed by atoms with van der Waals surface area (Å²) < 4.78 is 1.77. The summed E-state index contributed by atoms with van der Waals surface area (Å²) in [5.74, 6) is 0.503. The lowest BCUT2D eigenvalue weighted by molar-refractivity contribution is 0.589. The van der Waals surface area contributed by atoms with E-state index >= 15 is 0 Å². The van der Waals surface area contributed by atoms with Crippen LogP contribution in [0.25, 0.3) is 5.57 Å². The van der Waals surface area contributed by atoms with Crippen molar-refractivity contribution >= 4 is 11.5 Å². The molecule has 3 rings (SSSR count). The summed E-state index contributed by atoms with van der Waals surface area (Å²) in [5, 5.41) is 19.9. The molecule has 0 amide bonds. The molecule has 0 spiro atoms. The van der Waals surface area contributed by atoms with Crippen LogP contribution in [-0.2, 0) is 6.54 Å². The Hall–Kier alpha value is -3.47. The average Bonchev–Trinajstić information content (AvgIpc) is 3.16. The number of nitriles is 1. The first kappa shape index (κ1) is 16.4. The first-order valence-electron chi connectivity index (χ1n) is 7.92. The number of anilines is 1. The zero-order chi connectivity index (χ0) is 17.5. The van der Waals surface area contributed by atoms with E-state index in [0.29, 0.717) is 23.8 Å². The van der Waals surface area contributed by atoms with Gasteiger partial charge in [-0.1, -0.05) is 6.08 Å². The van der Waals surface area contributed by atoms with Crippen molar-refractivity contribution in [2.45, 2.75) is 19.9 Å². The van der Waals surface area contributed by atoms with E-state index in [1.165, 1.54) is 6.33 Å². The third kappa shape index (κ3) is 4.09. The maximum Gasteiger partial charge on any atom is 0.223 e. The Morgan fingerprint density at radius 3 is 3.04 bits per heavy atom. The second-order valence-corrected chi connectivity index (χ2v) is 5.43. The lowest BCUT2D eigenvalue weighted by Crippen LogP contribution is -2.12. The zero-order valence-corrected chi connectivity index (χ0v) is 13.8. The highest BCUT2D eigenvalue weighted by Gasteiger charge is 2.13. The van der Waals surface area contributed by atoms with Gasteiger partial charge in [-0.15, -0.1) is 0 Å². The number of dihydropyridines is 1. The highest BCUT2D eigenvalue weighted by atomic mass is 15.3. The Kier molecular flexibility index (Phi) is 5.16. The normalized spacial score (nSPS) is 14.7. The van der Waals surface area contributed by atoms with Crippen LogP contribution in [0.15, 0.2) is 49.0 Å². The molecule has 0 unspecified atom stereocenters. The first-order valence-corrected chi connectivity index (χ1v) is 7.92. The van der Waals surface area contributed by atoms with Gasteiger partial charge in [0.1, 0.15) is 24.3 Å². The van der Waals surface area contributed by atoms with Crippen molar-refractivity contribution in [3.05, 3.63) is 60.2 Å². The third-order valence-corrected chi connectivity index (χ3v) is 3.61. The Morgan fingerprint density at radius 1 is 1.40 bits per heavy atom. The summed E-state index contributed by atoms with van der Waals surface area (Å²) in [4.78, 5) is 12.7. The average molecular weight is 334 g/mol. The van der Waals surface area contributed by atoms with E-state index in [-0.39, 0.29) is 0 Å². The van der Waals surface area contributed by atoms with Gasteiger partial charge < -0.3 is 10.6 Å². The molecule has 0 saturated heterocycles. The van der Waals surface area contributed by atoms with E-state index in [9.17, 15) is 5.26 Å². The fourth-order valence-corrected chi connectivity index (χ4v) is 2.36. The molecule has 1 aliphatic rings. The number of aromatic nitrogens is 5. The third-order valence-electron chi connectivity index (χ3n) is 3.61. The van der Waals surface area contributed by atoms with E-state index in [4.69, 9.17) is 0 Å². The van der Waals surface area contributed by atoms with Crippen molar-refractivity contribution in [2.24, 2.45) is 0 Å². The lowest BCUT2D eigenvalue weighted by atomic mass is 10.1. The minimum atomic E-state index is 0.492. The van der Waals surface area contributed by atoms with Gasteiger partial charge in [-0.3, -0.25) is 4.68 Å². The van der Waals surface area contributed by atoms with Crippen LogP contribution in [0, 0.1) is 18.3 Å². The van der Waals surface area contributed by atoms with Gasteiger partial charge in [0.2, 0.25) is 5.95 Å². The van der Waals surface area contributed by atoms with E-state index in [0.717, 1.165) is 24.2 Å². The molecule has 0 fully saturated rings. The number of rotatable bonds is 6. The van der Waals surface area contributed by atoms with Gasteiger partial charge >= 0.3 is 0 Å². The number of allylic oxidation sites excluding steroid dienone is 4. The molecular weight excluding hydrogens is 316 g/mol. The Balaban J connectivity index is 1.71. The van der Waals surface area contributed by atoms with Crippen LogP contribution < -0.4 is 10.6 Å². The minimum Gasteiger partial charge on any atom is -0.361 e. The molecular formula is C17H18N8. The number of hydrogen-bond donors (Lipinski definition) is 2.